The molecule has 0 unspecified atom stereocenters. The van der Waals surface area contributed by atoms with E-state index in [2.05, 4.69) is 0 Å². The molecule has 1 aliphatic rings. The van der Waals surface area contributed by atoms with Gasteiger partial charge < -0.3 is 14.6 Å². The van der Waals surface area contributed by atoms with Crippen molar-refractivity contribution in [3.63, 3.8) is 0 Å². The first kappa shape index (κ1) is 13.3. The summed E-state index contributed by atoms with van der Waals surface area (Å²) in [5, 5.41) is 9.03. The molecule has 6 heteroatoms. The molecule has 0 bridgehead atoms. The topological polar surface area (TPSA) is 79.6 Å². The number of pyridine rings is 1. The van der Waals surface area contributed by atoms with Gasteiger partial charge in [-0.25, -0.2) is 4.79 Å². The molecule has 0 radical (unpaired) electrons. The Hall–Kier alpha value is -2.11. The van der Waals surface area contributed by atoms with Gasteiger partial charge in [-0.2, -0.15) is 0 Å². The molecule has 0 aromatic carbocycles. The number of carboxylic acid groups (broad SMARTS) is 1. The van der Waals surface area contributed by atoms with Crippen molar-refractivity contribution in [3.8, 4) is 0 Å². The van der Waals surface area contributed by atoms with Crippen molar-refractivity contribution in [2.45, 2.75) is 32.4 Å². The highest BCUT2D eigenvalue weighted by atomic mass is 16.4. The molecule has 1 N–H and O–H groups in total. The Morgan fingerprint density at radius 1 is 1.47 bits per heavy atom. The monoisotopic (exact) mass is 264 g/mol. The average molecular weight is 264 g/mol. The van der Waals surface area contributed by atoms with Crippen molar-refractivity contribution in [2.75, 3.05) is 6.54 Å². The van der Waals surface area contributed by atoms with Crippen molar-refractivity contribution in [3.05, 3.63) is 34.2 Å². The Morgan fingerprint density at radius 2 is 2.21 bits per heavy atom. The molecule has 1 aromatic rings. The molecule has 1 aromatic heterocycles. The van der Waals surface area contributed by atoms with Gasteiger partial charge in [0.05, 0.1) is 0 Å². The van der Waals surface area contributed by atoms with Crippen LogP contribution in [-0.4, -0.2) is 39.0 Å². The maximum atomic E-state index is 12.1. The average Bonchev–Trinajstić information content (AvgIpc) is 2.82. The van der Waals surface area contributed by atoms with Gasteiger partial charge in [-0.3, -0.25) is 9.59 Å². The summed E-state index contributed by atoms with van der Waals surface area (Å²) in [5.41, 5.74) is 0.581. The summed E-state index contributed by atoms with van der Waals surface area (Å²) >= 11 is 0. The fourth-order valence-corrected chi connectivity index (χ4v) is 2.30. The Kier molecular flexibility index (Phi) is 3.69. The van der Waals surface area contributed by atoms with Crippen LogP contribution in [0.3, 0.4) is 0 Å². The standard InChI is InChI=1S/C13H16N2O4/c1-9-4-6-14(11(16)7-9)8-12(17)15-5-2-3-10(15)13(18)19/h4,6-7,10H,2-3,5,8H2,1H3,(H,18,19)/t10-/m0/s1. The molecule has 19 heavy (non-hydrogen) atoms. The molecule has 2 rings (SSSR count). The Balaban J connectivity index is 2.13. The van der Waals surface area contributed by atoms with Gasteiger partial charge in [0.2, 0.25) is 5.91 Å². The highest BCUT2D eigenvalue weighted by molar-refractivity contribution is 5.84. The number of carbonyl (C=O) groups excluding carboxylic acids is 1. The number of carboxylic acids is 1. The number of aliphatic carboxylic acids is 1. The Morgan fingerprint density at radius 3 is 2.84 bits per heavy atom. The van der Waals surface area contributed by atoms with Crippen molar-refractivity contribution in [1.82, 2.24) is 9.47 Å². The number of amides is 1. The van der Waals surface area contributed by atoms with E-state index in [1.807, 2.05) is 0 Å². The largest absolute Gasteiger partial charge is 0.480 e. The minimum atomic E-state index is -0.984. The van der Waals surface area contributed by atoms with Crippen molar-refractivity contribution in [1.29, 1.82) is 0 Å². The minimum absolute atomic E-state index is 0.108. The van der Waals surface area contributed by atoms with Crippen LogP contribution in [0.5, 0.6) is 0 Å². The lowest BCUT2D eigenvalue weighted by atomic mass is 10.2. The predicted molar refractivity (Wildman–Crippen MR) is 67.8 cm³/mol. The molecular formula is C13H16N2O4. The van der Waals surface area contributed by atoms with Gasteiger partial charge in [-0.1, -0.05) is 0 Å². The maximum absolute atomic E-state index is 12.1. The van der Waals surface area contributed by atoms with E-state index in [-0.39, 0.29) is 18.0 Å². The summed E-state index contributed by atoms with van der Waals surface area (Å²) in [6.07, 6.45) is 2.72. The van der Waals surface area contributed by atoms with Crippen LogP contribution in [0.1, 0.15) is 18.4 Å². The normalized spacial score (nSPS) is 18.6. The third kappa shape index (κ3) is 2.83. The van der Waals surface area contributed by atoms with Crippen LogP contribution in [0.25, 0.3) is 0 Å². The molecule has 1 aliphatic heterocycles. The second-order valence-electron chi connectivity index (χ2n) is 4.75. The minimum Gasteiger partial charge on any atom is -0.480 e. The quantitative estimate of drug-likeness (QED) is 0.847. The van der Waals surface area contributed by atoms with Crippen LogP contribution >= 0.6 is 0 Å². The van der Waals surface area contributed by atoms with E-state index in [1.54, 1.807) is 19.2 Å². The number of carbonyl (C=O) groups is 2. The fraction of sp³-hybridized carbons (Fsp3) is 0.462. The Bertz CT molecular complexity index is 564. The lowest BCUT2D eigenvalue weighted by molar-refractivity contribution is -0.148. The molecule has 0 saturated carbocycles. The van der Waals surface area contributed by atoms with E-state index in [1.165, 1.54) is 15.5 Å². The van der Waals surface area contributed by atoms with E-state index < -0.39 is 12.0 Å². The molecule has 1 saturated heterocycles. The van der Waals surface area contributed by atoms with Crippen molar-refractivity contribution < 1.29 is 14.7 Å². The summed E-state index contributed by atoms with van der Waals surface area (Å²) in [7, 11) is 0. The first-order valence-corrected chi connectivity index (χ1v) is 6.18. The molecule has 6 nitrogen and oxygen atoms in total. The number of hydrogen-bond acceptors (Lipinski definition) is 3. The summed E-state index contributed by atoms with van der Waals surface area (Å²) in [5.74, 6) is -1.31. The van der Waals surface area contributed by atoms with E-state index in [9.17, 15) is 14.4 Å². The fourth-order valence-electron chi connectivity index (χ4n) is 2.30. The first-order chi connectivity index (χ1) is 8.99. The highest BCUT2D eigenvalue weighted by Gasteiger charge is 2.33. The van der Waals surface area contributed by atoms with Crippen molar-refractivity contribution in [2.24, 2.45) is 0 Å². The number of nitrogens with zero attached hydrogens (tertiary/aromatic N) is 2. The van der Waals surface area contributed by atoms with Crippen LogP contribution in [0.15, 0.2) is 23.1 Å². The third-order valence-corrected chi connectivity index (χ3v) is 3.32. The van der Waals surface area contributed by atoms with Gasteiger partial charge in [-0.15, -0.1) is 0 Å². The van der Waals surface area contributed by atoms with Gasteiger partial charge in [0, 0.05) is 18.8 Å². The van der Waals surface area contributed by atoms with E-state index in [4.69, 9.17) is 5.11 Å². The molecule has 0 spiro atoms. The molecular weight excluding hydrogens is 248 g/mol. The zero-order valence-electron chi connectivity index (χ0n) is 10.7. The zero-order valence-corrected chi connectivity index (χ0v) is 10.7. The smallest absolute Gasteiger partial charge is 0.326 e. The SMILES string of the molecule is Cc1ccn(CC(=O)N2CCC[C@H]2C(=O)O)c(=O)c1. The second-order valence-corrected chi connectivity index (χ2v) is 4.75. The summed E-state index contributed by atoms with van der Waals surface area (Å²) in [6, 6.07) is 2.44. The molecule has 2 heterocycles. The maximum Gasteiger partial charge on any atom is 0.326 e. The van der Waals surface area contributed by atoms with Crippen LogP contribution in [0.4, 0.5) is 0 Å². The molecule has 1 amide bonds. The zero-order chi connectivity index (χ0) is 14.0. The molecule has 1 fully saturated rings. The molecule has 102 valence electrons. The van der Waals surface area contributed by atoms with Crippen LogP contribution in [0, 0.1) is 6.92 Å². The summed E-state index contributed by atoms with van der Waals surface area (Å²) in [6.45, 7) is 2.13. The summed E-state index contributed by atoms with van der Waals surface area (Å²) < 4.78 is 1.30. The Labute approximate surface area is 110 Å². The van der Waals surface area contributed by atoms with E-state index in [0.717, 1.165) is 5.56 Å². The lowest BCUT2D eigenvalue weighted by Gasteiger charge is -2.21. The number of rotatable bonds is 3. The van der Waals surface area contributed by atoms with Gasteiger partial charge in [0.1, 0.15) is 12.6 Å². The van der Waals surface area contributed by atoms with Crippen LogP contribution in [-0.2, 0) is 16.1 Å². The second kappa shape index (κ2) is 5.26. The highest BCUT2D eigenvalue weighted by Crippen LogP contribution is 2.17. The number of aromatic nitrogens is 1. The molecule has 1 atom stereocenters. The van der Waals surface area contributed by atoms with Crippen LogP contribution < -0.4 is 5.56 Å². The lowest BCUT2D eigenvalue weighted by Crippen LogP contribution is -2.43. The van der Waals surface area contributed by atoms with Crippen molar-refractivity contribution >= 4 is 11.9 Å². The number of likely N-dealkylation sites (tertiary alicyclic amines) is 1. The summed E-state index contributed by atoms with van der Waals surface area (Å²) in [4.78, 5) is 36.1. The predicted octanol–water partition coefficient (Wildman–Crippen LogP) is 0.232. The van der Waals surface area contributed by atoms with Gasteiger partial charge in [0.15, 0.2) is 0 Å². The van der Waals surface area contributed by atoms with E-state index >= 15 is 0 Å². The van der Waals surface area contributed by atoms with Crippen LogP contribution in [0.2, 0.25) is 0 Å². The van der Waals surface area contributed by atoms with E-state index in [0.29, 0.717) is 19.4 Å². The van der Waals surface area contributed by atoms with Gasteiger partial charge >= 0.3 is 5.97 Å². The molecule has 0 aliphatic carbocycles. The number of aryl methyl sites for hydroxylation is 1. The first-order valence-electron chi connectivity index (χ1n) is 6.18. The van der Waals surface area contributed by atoms with Gasteiger partial charge in [0.25, 0.3) is 5.56 Å². The number of hydrogen-bond donors (Lipinski definition) is 1. The third-order valence-electron chi connectivity index (χ3n) is 3.32. The van der Waals surface area contributed by atoms with Gasteiger partial charge in [-0.05, 0) is 31.4 Å².